The highest BCUT2D eigenvalue weighted by molar-refractivity contribution is 7.71. The number of pyridine rings is 1. The van der Waals surface area contributed by atoms with Crippen LogP contribution in [0.25, 0.3) is 11.1 Å². The molecular weight excluding hydrogens is 194 g/mol. The normalized spacial score (nSPS) is 10.1. The van der Waals surface area contributed by atoms with Crippen LogP contribution >= 0.6 is 12.2 Å². The van der Waals surface area contributed by atoms with Crippen LogP contribution in [0.1, 0.15) is 5.56 Å². The van der Waals surface area contributed by atoms with Gasteiger partial charge in [-0.05, 0) is 18.6 Å². The fourth-order valence-corrected chi connectivity index (χ4v) is 1.48. The molecule has 3 nitrogen and oxygen atoms in total. The molecule has 2 heterocycles. The lowest BCUT2D eigenvalue weighted by Crippen LogP contribution is -1.86. The minimum Gasteiger partial charge on any atom is -0.337 e. The number of rotatable bonds is 1. The maximum absolute atomic E-state index is 5.15. The molecule has 0 aliphatic heterocycles. The highest BCUT2D eigenvalue weighted by Crippen LogP contribution is 2.18. The molecule has 0 atom stereocenters. The number of nitrogens with zero attached hydrogens (tertiary/aromatic N) is 2. The second-order valence-electron chi connectivity index (χ2n) is 3.05. The van der Waals surface area contributed by atoms with Gasteiger partial charge in [0.2, 0.25) is 0 Å². The Hall–Kier alpha value is -1.55. The number of H-pyrrole nitrogens is 1. The average molecular weight is 203 g/mol. The number of hydrogen-bond acceptors (Lipinski definition) is 3. The van der Waals surface area contributed by atoms with Crippen LogP contribution in [0.5, 0.6) is 0 Å². The lowest BCUT2D eigenvalue weighted by atomic mass is 10.1. The van der Waals surface area contributed by atoms with E-state index >= 15 is 0 Å². The van der Waals surface area contributed by atoms with E-state index in [2.05, 4.69) is 15.0 Å². The molecule has 0 aliphatic rings. The van der Waals surface area contributed by atoms with E-state index in [4.69, 9.17) is 12.2 Å². The topological polar surface area (TPSA) is 41.6 Å². The summed E-state index contributed by atoms with van der Waals surface area (Å²) >= 11 is 5.15. The van der Waals surface area contributed by atoms with E-state index in [-0.39, 0.29) is 0 Å². The van der Waals surface area contributed by atoms with Crippen molar-refractivity contribution in [3.05, 3.63) is 41.2 Å². The third-order valence-electron chi connectivity index (χ3n) is 1.90. The number of aryl methyl sites for hydroxylation is 1. The standard InChI is InChI=1S/C10H9N3S/c1-7-2-8(4-11-3-7)9-5-12-6-13-10(9)14/h2-6H,1H3,(H,12,13,14). The Bertz CT molecular complexity index is 504. The van der Waals surface area contributed by atoms with E-state index in [9.17, 15) is 0 Å². The van der Waals surface area contributed by atoms with E-state index in [0.29, 0.717) is 4.64 Å². The van der Waals surface area contributed by atoms with Crippen LogP contribution in [0.3, 0.4) is 0 Å². The van der Waals surface area contributed by atoms with Gasteiger partial charge in [0.1, 0.15) is 4.64 Å². The maximum Gasteiger partial charge on any atom is 0.113 e. The van der Waals surface area contributed by atoms with Crippen molar-refractivity contribution in [2.24, 2.45) is 0 Å². The molecule has 0 aromatic carbocycles. The molecule has 2 aromatic heterocycles. The van der Waals surface area contributed by atoms with E-state index in [1.165, 1.54) is 0 Å². The Morgan fingerprint density at radius 3 is 2.79 bits per heavy atom. The van der Waals surface area contributed by atoms with Crippen LogP contribution in [0.2, 0.25) is 0 Å². The van der Waals surface area contributed by atoms with Gasteiger partial charge in [-0.2, -0.15) is 0 Å². The third kappa shape index (κ3) is 1.70. The maximum atomic E-state index is 5.15. The summed E-state index contributed by atoms with van der Waals surface area (Å²) in [6, 6.07) is 2.04. The van der Waals surface area contributed by atoms with Crippen molar-refractivity contribution in [1.82, 2.24) is 15.0 Å². The van der Waals surface area contributed by atoms with Crippen molar-refractivity contribution < 1.29 is 0 Å². The summed E-state index contributed by atoms with van der Waals surface area (Å²) in [7, 11) is 0. The lowest BCUT2D eigenvalue weighted by molar-refractivity contribution is 1.15. The van der Waals surface area contributed by atoms with Crippen LogP contribution in [-0.2, 0) is 0 Å². The van der Waals surface area contributed by atoms with Gasteiger partial charge in [0.05, 0.1) is 6.33 Å². The summed E-state index contributed by atoms with van der Waals surface area (Å²) in [5.41, 5.74) is 3.03. The number of nitrogens with one attached hydrogen (secondary N) is 1. The predicted octanol–water partition coefficient (Wildman–Crippen LogP) is 2.51. The van der Waals surface area contributed by atoms with Crippen LogP contribution in [0, 0.1) is 11.6 Å². The Morgan fingerprint density at radius 1 is 1.21 bits per heavy atom. The van der Waals surface area contributed by atoms with Gasteiger partial charge in [-0.1, -0.05) is 12.2 Å². The molecule has 0 spiro atoms. The molecule has 1 N–H and O–H groups in total. The molecule has 0 saturated heterocycles. The van der Waals surface area contributed by atoms with Crippen LogP contribution in [0.4, 0.5) is 0 Å². The summed E-state index contributed by atoms with van der Waals surface area (Å²) in [6.07, 6.45) is 6.92. The van der Waals surface area contributed by atoms with E-state index in [1.807, 2.05) is 19.2 Å². The Morgan fingerprint density at radius 2 is 2.07 bits per heavy atom. The summed E-state index contributed by atoms with van der Waals surface area (Å²) < 4.78 is 0.687. The highest BCUT2D eigenvalue weighted by atomic mass is 32.1. The molecule has 0 saturated carbocycles. The molecule has 2 rings (SSSR count). The first kappa shape index (κ1) is 9.02. The zero-order valence-corrected chi connectivity index (χ0v) is 8.51. The summed E-state index contributed by atoms with van der Waals surface area (Å²) in [6.45, 7) is 2.00. The fraction of sp³-hybridized carbons (Fsp3) is 0.100. The average Bonchev–Trinajstić information content (AvgIpc) is 2.18. The second kappa shape index (κ2) is 3.67. The second-order valence-corrected chi connectivity index (χ2v) is 3.45. The summed E-state index contributed by atoms with van der Waals surface area (Å²) in [5, 5.41) is 0. The SMILES string of the molecule is Cc1cncc(-c2cnc[nH]c2=S)c1. The third-order valence-corrected chi connectivity index (χ3v) is 2.24. The highest BCUT2D eigenvalue weighted by Gasteiger charge is 2.00. The Labute approximate surface area is 86.9 Å². The molecule has 2 aromatic rings. The van der Waals surface area contributed by atoms with Gasteiger partial charge >= 0.3 is 0 Å². The van der Waals surface area contributed by atoms with E-state index in [0.717, 1.165) is 16.7 Å². The van der Waals surface area contributed by atoms with Gasteiger partial charge in [0.15, 0.2) is 0 Å². The number of hydrogen-bond donors (Lipinski definition) is 1. The first-order valence-electron chi connectivity index (χ1n) is 4.22. The fourth-order valence-electron chi connectivity index (χ4n) is 1.25. The van der Waals surface area contributed by atoms with Gasteiger partial charge in [-0.25, -0.2) is 4.98 Å². The molecule has 0 unspecified atom stereocenters. The molecule has 4 heteroatoms. The van der Waals surface area contributed by atoms with Gasteiger partial charge in [-0.3, -0.25) is 4.98 Å². The minimum atomic E-state index is 0.687. The molecule has 0 amide bonds. The largest absolute Gasteiger partial charge is 0.337 e. The van der Waals surface area contributed by atoms with Crippen LogP contribution in [0.15, 0.2) is 31.0 Å². The zero-order valence-electron chi connectivity index (χ0n) is 7.69. The molecule has 0 fully saturated rings. The van der Waals surface area contributed by atoms with Crippen molar-refractivity contribution in [2.75, 3.05) is 0 Å². The lowest BCUT2D eigenvalue weighted by Gasteiger charge is -2.00. The smallest absolute Gasteiger partial charge is 0.113 e. The zero-order chi connectivity index (χ0) is 9.97. The van der Waals surface area contributed by atoms with Crippen LogP contribution < -0.4 is 0 Å². The Balaban J connectivity index is 2.61. The minimum absolute atomic E-state index is 0.687. The molecule has 0 bridgehead atoms. The molecule has 0 radical (unpaired) electrons. The van der Waals surface area contributed by atoms with Gasteiger partial charge in [0.25, 0.3) is 0 Å². The predicted molar refractivity (Wildman–Crippen MR) is 57.4 cm³/mol. The van der Waals surface area contributed by atoms with Gasteiger partial charge in [0, 0.05) is 29.7 Å². The molecular formula is C10H9N3S. The molecule has 14 heavy (non-hydrogen) atoms. The van der Waals surface area contributed by atoms with E-state index < -0.39 is 0 Å². The van der Waals surface area contributed by atoms with Gasteiger partial charge < -0.3 is 4.98 Å². The van der Waals surface area contributed by atoms with Crippen molar-refractivity contribution in [2.45, 2.75) is 6.92 Å². The first-order chi connectivity index (χ1) is 6.77. The van der Waals surface area contributed by atoms with Crippen molar-refractivity contribution in [1.29, 1.82) is 0 Å². The number of aromatic amines is 1. The summed E-state index contributed by atoms with van der Waals surface area (Å²) in [4.78, 5) is 11.0. The summed E-state index contributed by atoms with van der Waals surface area (Å²) in [5.74, 6) is 0. The first-order valence-corrected chi connectivity index (χ1v) is 4.63. The monoisotopic (exact) mass is 203 g/mol. The van der Waals surface area contributed by atoms with Crippen molar-refractivity contribution in [3.63, 3.8) is 0 Å². The Kier molecular flexibility index (Phi) is 2.37. The molecule has 70 valence electrons. The van der Waals surface area contributed by atoms with Gasteiger partial charge in [-0.15, -0.1) is 0 Å². The molecule has 0 aliphatic carbocycles. The van der Waals surface area contributed by atoms with Crippen LogP contribution in [-0.4, -0.2) is 15.0 Å². The van der Waals surface area contributed by atoms with Crippen molar-refractivity contribution >= 4 is 12.2 Å². The van der Waals surface area contributed by atoms with E-state index in [1.54, 1.807) is 18.7 Å². The quantitative estimate of drug-likeness (QED) is 0.724. The van der Waals surface area contributed by atoms with Crippen molar-refractivity contribution in [3.8, 4) is 11.1 Å². The number of aromatic nitrogens is 3.